The Hall–Kier alpha value is -2.15. The molecule has 6 nitrogen and oxygen atoms in total. The molecular formula is C20H26N4O2S. The molecule has 144 valence electrons. The van der Waals surface area contributed by atoms with E-state index >= 15 is 0 Å². The van der Waals surface area contributed by atoms with Gasteiger partial charge in [0.25, 0.3) is 5.56 Å². The zero-order valence-electron chi connectivity index (χ0n) is 16.1. The SMILES string of the molecule is CCc1nn(CC(=O)N[C@@H]2CCC[C@H](C)[C@H]2C)c(=O)c2cc3sccc3n12. The van der Waals surface area contributed by atoms with Crippen molar-refractivity contribution in [1.29, 1.82) is 0 Å². The summed E-state index contributed by atoms with van der Waals surface area (Å²) < 4.78 is 4.31. The quantitative estimate of drug-likeness (QED) is 0.749. The highest BCUT2D eigenvalue weighted by Gasteiger charge is 2.28. The Bertz CT molecular complexity index is 1050. The lowest BCUT2D eigenvalue weighted by atomic mass is 9.78. The highest BCUT2D eigenvalue weighted by atomic mass is 32.1. The number of nitrogens with one attached hydrogen (secondary N) is 1. The molecule has 1 N–H and O–H groups in total. The Morgan fingerprint density at radius 2 is 2.15 bits per heavy atom. The molecule has 7 heteroatoms. The van der Waals surface area contributed by atoms with Crippen LogP contribution in [0.2, 0.25) is 0 Å². The summed E-state index contributed by atoms with van der Waals surface area (Å²) in [5.41, 5.74) is 1.39. The first-order valence-electron chi connectivity index (χ1n) is 9.77. The molecule has 1 amide bonds. The Morgan fingerprint density at radius 3 is 2.93 bits per heavy atom. The van der Waals surface area contributed by atoms with Gasteiger partial charge in [0.2, 0.25) is 5.91 Å². The number of rotatable bonds is 4. The average molecular weight is 387 g/mol. The van der Waals surface area contributed by atoms with Crippen molar-refractivity contribution in [3.63, 3.8) is 0 Å². The molecule has 3 aromatic heterocycles. The zero-order chi connectivity index (χ0) is 19.1. The molecule has 0 spiro atoms. The fourth-order valence-electron chi connectivity index (χ4n) is 4.23. The maximum atomic E-state index is 12.9. The van der Waals surface area contributed by atoms with Crippen LogP contribution in [0, 0.1) is 11.8 Å². The second kappa shape index (κ2) is 7.11. The first-order valence-corrected chi connectivity index (χ1v) is 10.7. The van der Waals surface area contributed by atoms with Gasteiger partial charge < -0.3 is 5.32 Å². The lowest BCUT2D eigenvalue weighted by Crippen LogP contribution is -2.46. The van der Waals surface area contributed by atoms with Crippen molar-refractivity contribution >= 4 is 33.0 Å². The molecule has 0 radical (unpaired) electrons. The van der Waals surface area contributed by atoms with Crippen molar-refractivity contribution in [3.05, 3.63) is 33.7 Å². The third kappa shape index (κ3) is 3.18. The molecule has 1 aliphatic rings. The van der Waals surface area contributed by atoms with Gasteiger partial charge in [-0.2, -0.15) is 5.10 Å². The van der Waals surface area contributed by atoms with Crippen LogP contribution in [0.5, 0.6) is 0 Å². The van der Waals surface area contributed by atoms with Gasteiger partial charge in [0, 0.05) is 12.5 Å². The number of aromatic nitrogens is 3. The van der Waals surface area contributed by atoms with Gasteiger partial charge in [0.15, 0.2) is 0 Å². The van der Waals surface area contributed by atoms with Gasteiger partial charge in [-0.25, -0.2) is 4.68 Å². The molecule has 1 saturated carbocycles. The number of hydrogen-bond acceptors (Lipinski definition) is 4. The van der Waals surface area contributed by atoms with Crippen LogP contribution in [0.25, 0.3) is 15.7 Å². The second-order valence-electron chi connectivity index (χ2n) is 7.71. The molecule has 3 aromatic rings. The van der Waals surface area contributed by atoms with E-state index in [9.17, 15) is 9.59 Å². The van der Waals surface area contributed by atoms with E-state index < -0.39 is 0 Å². The van der Waals surface area contributed by atoms with Gasteiger partial charge in [-0.3, -0.25) is 14.0 Å². The molecule has 3 atom stereocenters. The van der Waals surface area contributed by atoms with Crippen molar-refractivity contribution in [3.8, 4) is 0 Å². The number of carbonyl (C=O) groups is 1. The summed E-state index contributed by atoms with van der Waals surface area (Å²) in [6.07, 6.45) is 4.06. The summed E-state index contributed by atoms with van der Waals surface area (Å²) in [5.74, 6) is 1.74. The van der Waals surface area contributed by atoms with Crippen molar-refractivity contribution in [1.82, 2.24) is 19.5 Å². The number of aryl methyl sites for hydroxylation is 1. The second-order valence-corrected chi connectivity index (χ2v) is 8.66. The minimum absolute atomic E-state index is 0.0290. The van der Waals surface area contributed by atoms with Crippen LogP contribution in [0.4, 0.5) is 0 Å². The highest BCUT2D eigenvalue weighted by molar-refractivity contribution is 7.17. The molecular weight excluding hydrogens is 360 g/mol. The van der Waals surface area contributed by atoms with Crippen LogP contribution in [0.15, 0.2) is 22.3 Å². The van der Waals surface area contributed by atoms with Crippen LogP contribution in [-0.2, 0) is 17.8 Å². The van der Waals surface area contributed by atoms with E-state index in [1.165, 1.54) is 11.1 Å². The normalized spacial score (nSPS) is 23.1. The first-order chi connectivity index (χ1) is 13.0. The molecule has 3 heterocycles. The molecule has 27 heavy (non-hydrogen) atoms. The van der Waals surface area contributed by atoms with E-state index in [0.717, 1.165) is 28.9 Å². The van der Waals surface area contributed by atoms with Gasteiger partial charge in [-0.1, -0.05) is 33.6 Å². The average Bonchev–Trinajstić information content (AvgIpc) is 3.23. The number of amides is 1. The van der Waals surface area contributed by atoms with Crippen LogP contribution in [0.3, 0.4) is 0 Å². The summed E-state index contributed by atoms with van der Waals surface area (Å²) in [7, 11) is 0. The largest absolute Gasteiger partial charge is 0.351 e. The van der Waals surface area contributed by atoms with Crippen molar-refractivity contribution in [2.24, 2.45) is 11.8 Å². The minimum Gasteiger partial charge on any atom is -0.351 e. The number of nitrogens with zero attached hydrogens (tertiary/aromatic N) is 3. The lowest BCUT2D eigenvalue weighted by molar-refractivity contribution is -0.123. The molecule has 1 aliphatic carbocycles. The fraction of sp³-hybridized carbons (Fsp3) is 0.550. The highest BCUT2D eigenvalue weighted by Crippen LogP contribution is 2.29. The van der Waals surface area contributed by atoms with Crippen LogP contribution in [0.1, 0.15) is 45.9 Å². The summed E-state index contributed by atoms with van der Waals surface area (Å²) in [6, 6.07) is 4.10. The van der Waals surface area contributed by atoms with Gasteiger partial charge in [-0.15, -0.1) is 11.3 Å². The van der Waals surface area contributed by atoms with Crippen molar-refractivity contribution in [2.75, 3.05) is 0 Å². The first kappa shape index (κ1) is 18.2. The summed E-state index contributed by atoms with van der Waals surface area (Å²) in [5, 5.41) is 9.65. The van der Waals surface area contributed by atoms with Crippen LogP contribution in [-0.4, -0.2) is 26.1 Å². The van der Waals surface area contributed by atoms with E-state index in [2.05, 4.69) is 24.3 Å². The van der Waals surface area contributed by atoms with Crippen molar-refractivity contribution < 1.29 is 4.79 Å². The Kier molecular flexibility index (Phi) is 4.80. The van der Waals surface area contributed by atoms with Crippen molar-refractivity contribution in [2.45, 2.75) is 59.0 Å². The van der Waals surface area contributed by atoms with Crippen LogP contribution >= 0.6 is 11.3 Å². The van der Waals surface area contributed by atoms with Gasteiger partial charge >= 0.3 is 0 Å². The summed E-state index contributed by atoms with van der Waals surface area (Å²) >= 11 is 1.61. The maximum Gasteiger partial charge on any atom is 0.291 e. The molecule has 0 bridgehead atoms. The van der Waals surface area contributed by atoms with E-state index in [-0.39, 0.29) is 24.1 Å². The predicted octanol–water partition coefficient (Wildman–Crippen LogP) is 3.21. The number of carbonyl (C=O) groups excluding carboxylic acids is 1. The maximum absolute atomic E-state index is 12.9. The topological polar surface area (TPSA) is 68.4 Å². The van der Waals surface area contributed by atoms with E-state index in [1.807, 2.05) is 28.8 Å². The Balaban J connectivity index is 1.63. The number of fused-ring (bicyclic) bond motifs is 3. The lowest BCUT2D eigenvalue weighted by Gasteiger charge is -2.34. The van der Waals surface area contributed by atoms with E-state index in [1.54, 1.807) is 11.3 Å². The third-order valence-electron chi connectivity index (χ3n) is 6.03. The smallest absolute Gasteiger partial charge is 0.291 e. The fourth-order valence-corrected chi connectivity index (χ4v) is 5.04. The third-order valence-corrected chi connectivity index (χ3v) is 6.89. The van der Waals surface area contributed by atoms with E-state index in [0.29, 0.717) is 23.8 Å². The Morgan fingerprint density at radius 1 is 1.33 bits per heavy atom. The van der Waals surface area contributed by atoms with E-state index in [4.69, 9.17) is 0 Å². The number of hydrogen-bond donors (Lipinski definition) is 1. The molecule has 1 fully saturated rings. The molecule has 0 aromatic carbocycles. The number of thiophene rings is 1. The summed E-state index contributed by atoms with van der Waals surface area (Å²) in [6.45, 7) is 6.43. The minimum atomic E-state index is -0.212. The molecule has 0 saturated heterocycles. The molecule has 4 rings (SSSR count). The molecule has 0 unspecified atom stereocenters. The van der Waals surface area contributed by atoms with Gasteiger partial charge in [0.1, 0.15) is 17.9 Å². The van der Waals surface area contributed by atoms with Crippen LogP contribution < -0.4 is 10.9 Å². The summed E-state index contributed by atoms with van der Waals surface area (Å²) in [4.78, 5) is 25.5. The van der Waals surface area contributed by atoms with Gasteiger partial charge in [0.05, 0.1) is 10.2 Å². The monoisotopic (exact) mass is 386 g/mol. The molecule has 0 aliphatic heterocycles. The Labute approximate surface area is 162 Å². The zero-order valence-corrected chi connectivity index (χ0v) is 16.9. The standard InChI is InChI=1S/C20H26N4O2S/c1-4-18-22-23(11-19(25)21-14-7-5-6-12(2)13(14)3)20(26)16-10-17-15(24(16)18)8-9-27-17/h8-10,12-14H,4-7,11H2,1-3H3,(H,21,25)/t12-,13+,14+/m0/s1. The van der Waals surface area contributed by atoms with Gasteiger partial charge in [-0.05, 0) is 35.8 Å². The predicted molar refractivity (Wildman–Crippen MR) is 108 cm³/mol.